The summed E-state index contributed by atoms with van der Waals surface area (Å²) < 4.78 is 5.61. The molecule has 1 amide bonds. The zero-order valence-electron chi connectivity index (χ0n) is 18.3. The molecule has 0 fully saturated rings. The highest BCUT2D eigenvalue weighted by molar-refractivity contribution is 7.12. The van der Waals surface area contributed by atoms with Crippen LogP contribution >= 0.6 is 11.3 Å². The molecular formula is C24H25N5O2S. The van der Waals surface area contributed by atoms with Crippen LogP contribution in [0.25, 0.3) is 11.3 Å². The molecule has 0 radical (unpaired) electrons. The van der Waals surface area contributed by atoms with Gasteiger partial charge in [-0.25, -0.2) is 9.99 Å². The molecule has 3 aromatic rings. The molecule has 0 saturated carbocycles. The number of hydrogen-bond acceptors (Lipinski definition) is 7. The molecule has 2 aromatic carbocycles. The van der Waals surface area contributed by atoms with Crippen LogP contribution in [0, 0.1) is 6.92 Å². The number of carbonyl (C=O) groups is 1. The van der Waals surface area contributed by atoms with Crippen molar-refractivity contribution in [1.82, 2.24) is 9.99 Å². The Bertz CT molecular complexity index is 1170. The summed E-state index contributed by atoms with van der Waals surface area (Å²) in [5.74, 6) is 0.546. The Hall–Kier alpha value is -3.52. The lowest BCUT2D eigenvalue weighted by Gasteiger charge is -2.11. The highest BCUT2D eigenvalue weighted by Gasteiger charge is 2.30. The monoisotopic (exact) mass is 447 g/mol. The summed E-state index contributed by atoms with van der Waals surface area (Å²) in [6.07, 6.45) is 0. The van der Waals surface area contributed by atoms with E-state index < -0.39 is 0 Å². The quantitative estimate of drug-likeness (QED) is 0.541. The van der Waals surface area contributed by atoms with Crippen molar-refractivity contribution in [1.29, 1.82) is 0 Å². The van der Waals surface area contributed by atoms with Crippen LogP contribution in [0.15, 0.2) is 64.7 Å². The molecule has 0 atom stereocenters. The van der Waals surface area contributed by atoms with Crippen molar-refractivity contribution in [2.24, 2.45) is 10.1 Å². The summed E-state index contributed by atoms with van der Waals surface area (Å²) in [5, 5.41) is 9.91. The van der Waals surface area contributed by atoms with Crippen LogP contribution in [0.4, 0.5) is 5.69 Å². The number of amides is 1. The third-order valence-electron chi connectivity index (χ3n) is 4.92. The number of benzene rings is 2. The minimum absolute atomic E-state index is 0.212. The van der Waals surface area contributed by atoms with Crippen molar-refractivity contribution >= 4 is 34.4 Å². The van der Waals surface area contributed by atoms with Gasteiger partial charge in [0.15, 0.2) is 0 Å². The van der Waals surface area contributed by atoms with Gasteiger partial charge in [-0.2, -0.15) is 5.10 Å². The van der Waals surface area contributed by atoms with Crippen LogP contribution in [0.2, 0.25) is 0 Å². The second-order valence-corrected chi connectivity index (χ2v) is 8.49. The number of anilines is 1. The smallest absolute Gasteiger partial charge is 0.294 e. The molecule has 0 saturated heterocycles. The first-order valence-electron chi connectivity index (χ1n) is 10.5. The predicted octanol–water partition coefficient (Wildman–Crippen LogP) is 4.75. The number of nitrogens with zero attached hydrogens (tertiary/aromatic N) is 4. The molecule has 8 heteroatoms. The van der Waals surface area contributed by atoms with Gasteiger partial charge >= 0.3 is 0 Å². The van der Waals surface area contributed by atoms with E-state index in [4.69, 9.17) is 9.72 Å². The zero-order chi connectivity index (χ0) is 22.5. The highest BCUT2D eigenvalue weighted by Crippen LogP contribution is 2.28. The Kier molecular flexibility index (Phi) is 6.61. The summed E-state index contributed by atoms with van der Waals surface area (Å²) in [6, 6.07) is 17.7. The molecule has 32 heavy (non-hydrogen) atoms. The maximum Gasteiger partial charge on any atom is 0.294 e. The lowest BCUT2D eigenvalue weighted by atomic mass is 10.1. The third-order valence-corrected chi connectivity index (χ3v) is 5.87. The Morgan fingerprint density at radius 3 is 2.62 bits per heavy atom. The normalized spacial score (nSPS) is 14.7. The molecule has 164 valence electrons. The molecule has 1 aliphatic heterocycles. The molecule has 0 unspecified atom stereocenters. The third kappa shape index (κ3) is 4.70. The molecular weight excluding hydrogens is 422 g/mol. The number of carbonyl (C=O) groups excluding carboxylic acids is 1. The maximum atomic E-state index is 12.9. The van der Waals surface area contributed by atoms with Crippen molar-refractivity contribution in [2.75, 3.05) is 18.6 Å². The fourth-order valence-electron chi connectivity index (χ4n) is 3.45. The number of hydrogen-bond donors (Lipinski definition) is 1. The fraction of sp³-hybridized carbons (Fsp3) is 0.250. The molecule has 0 bridgehead atoms. The number of aryl methyl sites for hydroxylation is 1. The molecule has 1 aliphatic rings. The number of para-hydroxylation sites is 2. The van der Waals surface area contributed by atoms with Crippen LogP contribution in [0.5, 0.6) is 5.75 Å². The van der Waals surface area contributed by atoms with E-state index in [-0.39, 0.29) is 12.6 Å². The van der Waals surface area contributed by atoms with Crippen molar-refractivity contribution in [3.05, 3.63) is 64.5 Å². The largest absolute Gasteiger partial charge is 0.492 e. The number of thiazole rings is 1. The summed E-state index contributed by atoms with van der Waals surface area (Å²) in [6.45, 7) is 6.94. The van der Waals surface area contributed by atoms with E-state index in [1.54, 1.807) is 18.3 Å². The van der Waals surface area contributed by atoms with Crippen LogP contribution in [0.3, 0.4) is 0 Å². The standard InChI is InChI=1S/C24H25N5O2S/c1-4-31-20-13-9-8-12-19(20)25-15-26-22-16(2)28-29(24(22)30)14-21-27-23(17(3)32-21)18-10-6-5-7-11-18/h5-13,25H,4,14-15H2,1-3H3. The van der Waals surface area contributed by atoms with Gasteiger partial charge < -0.3 is 10.1 Å². The maximum absolute atomic E-state index is 12.9. The molecule has 1 aromatic heterocycles. The lowest BCUT2D eigenvalue weighted by molar-refractivity contribution is -0.123. The fourth-order valence-corrected chi connectivity index (χ4v) is 4.39. The Balaban J connectivity index is 1.43. The lowest BCUT2D eigenvalue weighted by Crippen LogP contribution is -2.27. The van der Waals surface area contributed by atoms with Gasteiger partial charge in [0.1, 0.15) is 23.1 Å². The number of nitrogens with one attached hydrogen (secondary N) is 1. The number of aromatic nitrogens is 1. The number of ether oxygens (including phenoxy) is 1. The van der Waals surface area contributed by atoms with E-state index in [2.05, 4.69) is 15.4 Å². The first-order chi connectivity index (χ1) is 15.6. The van der Waals surface area contributed by atoms with E-state index in [9.17, 15) is 4.79 Å². The predicted molar refractivity (Wildman–Crippen MR) is 129 cm³/mol. The Morgan fingerprint density at radius 1 is 1.09 bits per heavy atom. The van der Waals surface area contributed by atoms with E-state index in [0.717, 1.165) is 32.6 Å². The molecule has 7 nitrogen and oxygen atoms in total. The summed E-state index contributed by atoms with van der Waals surface area (Å²) in [4.78, 5) is 23.2. The van der Waals surface area contributed by atoms with Crippen molar-refractivity contribution in [3.8, 4) is 17.0 Å². The highest BCUT2D eigenvalue weighted by atomic mass is 32.1. The average Bonchev–Trinajstić information content (AvgIpc) is 3.29. The van der Waals surface area contributed by atoms with Gasteiger partial charge in [-0.3, -0.25) is 9.79 Å². The van der Waals surface area contributed by atoms with E-state index >= 15 is 0 Å². The van der Waals surface area contributed by atoms with Gasteiger partial charge in [-0.05, 0) is 32.9 Å². The second kappa shape index (κ2) is 9.74. The molecule has 2 heterocycles. The van der Waals surface area contributed by atoms with Crippen LogP contribution in [0.1, 0.15) is 23.7 Å². The topological polar surface area (TPSA) is 79.2 Å². The van der Waals surface area contributed by atoms with Gasteiger partial charge in [0, 0.05) is 10.4 Å². The van der Waals surface area contributed by atoms with Crippen LogP contribution < -0.4 is 10.1 Å². The SMILES string of the molecule is CCOc1ccccc1NCN=C1C(=O)N(Cc2nc(-c3ccccc3)c(C)s2)N=C1C. The van der Waals surface area contributed by atoms with Gasteiger partial charge in [0.2, 0.25) is 0 Å². The number of aliphatic imine (C=N–C) groups is 1. The molecule has 4 rings (SSSR count). The van der Waals surface area contributed by atoms with E-state index in [0.29, 0.717) is 24.6 Å². The first-order valence-corrected chi connectivity index (χ1v) is 11.3. The molecule has 0 spiro atoms. The van der Waals surface area contributed by atoms with Crippen LogP contribution in [-0.2, 0) is 11.3 Å². The zero-order valence-corrected chi connectivity index (χ0v) is 19.1. The van der Waals surface area contributed by atoms with Crippen molar-refractivity contribution < 1.29 is 9.53 Å². The summed E-state index contributed by atoms with van der Waals surface area (Å²) >= 11 is 1.58. The average molecular weight is 448 g/mol. The molecule has 0 aliphatic carbocycles. The van der Waals surface area contributed by atoms with Gasteiger partial charge in [-0.1, -0.05) is 42.5 Å². The number of rotatable bonds is 8. The molecule has 1 N–H and O–H groups in total. The van der Waals surface area contributed by atoms with Gasteiger partial charge in [-0.15, -0.1) is 11.3 Å². The van der Waals surface area contributed by atoms with E-state index in [1.165, 1.54) is 5.01 Å². The first kappa shape index (κ1) is 21.7. The minimum Gasteiger partial charge on any atom is -0.492 e. The Labute approximate surface area is 191 Å². The summed E-state index contributed by atoms with van der Waals surface area (Å²) in [5.41, 5.74) is 3.82. The van der Waals surface area contributed by atoms with Gasteiger partial charge in [0.25, 0.3) is 5.91 Å². The van der Waals surface area contributed by atoms with Gasteiger partial charge in [0.05, 0.1) is 30.2 Å². The van der Waals surface area contributed by atoms with Crippen molar-refractivity contribution in [3.63, 3.8) is 0 Å². The second-order valence-electron chi connectivity index (χ2n) is 7.20. The minimum atomic E-state index is -0.212. The summed E-state index contributed by atoms with van der Waals surface area (Å²) in [7, 11) is 0. The van der Waals surface area contributed by atoms with Crippen LogP contribution in [-0.4, -0.2) is 40.6 Å². The van der Waals surface area contributed by atoms with E-state index in [1.807, 2.05) is 68.4 Å². The van der Waals surface area contributed by atoms with Crippen molar-refractivity contribution in [2.45, 2.75) is 27.3 Å². The Morgan fingerprint density at radius 2 is 1.84 bits per heavy atom. The number of hydrazone groups is 1.